The van der Waals surface area contributed by atoms with Crippen LogP contribution in [0.15, 0.2) is 0 Å². The zero-order valence-corrected chi connectivity index (χ0v) is 11.0. The average Bonchev–Trinajstić information content (AvgIpc) is 2.16. The van der Waals surface area contributed by atoms with E-state index in [1.54, 1.807) is 11.8 Å². The molecule has 0 aliphatic rings. The first-order valence-corrected chi connectivity index (χ1v) is 7.69. The fraction of sp³-hybridized carbons (Fsp3) is 0.778. The lowest BCUT2D eigenvalue weighted by Gasteiger charge is -2.12. The van der Waals surface area contributed by atoms with Gasteiger partial charge in [-0.15, -0.1) is 0 Å². The highest BCUT2D eigenvalue weighted by Gasteiger charge is 2.20. The molecule has 1 amide bonds. The van der Waals surface area contributed by atoms with E-state index in [-0.39, 0.29) is 5.75 Å². The number of carbonyl (C=O) groups is 2. The highest BCUT2D eigenvalue weighted by atomic mass is 32.2. The number of aliphatic carboxylic acids is 1. The molecule has 2 atom stereocenters. The minimum absolute atomic E-state index is 0.0245. The molecule has 0 saturated carbocycles. The number of amides is 1. The lowest BCUT2D eigenvalue weighted by Crippen LogP contribution is -2.43. The van der Waals surface area contributed by atoms with Crippen LogP contribution in [-0.4, -0.2) is 50.7 Å². The van der Waals surface area contributed by atoms with Crippen LogP contribution in [-0.2, 0) is 20.4 Å². The molecular formula is C9H17NO4S2. The van der Waals surface area contributed by atoms with Crippen molar-refractivity contribution in [1.82, 2.24) is 5.32 Å². The summed E-state index contributed by atoms with van der Waals surface area (Å²) >= 11 is 1.66. The summed E-state index contributed by atoms with van der Waals surface area (Å²) in [6.45, 7) is 1.24. The highest BCUT2D eigenvalue weighted by molar-refractivity contribution is 7.98. The van der Waals surface area contributed by atoms with Crippen molar-refractivity contribution in [3.63, 3.8) is 0 Å². The van der Waals surface area contributed by atoms with E-state index in [1.807, 2.05) is 6.26 Å². The SMILES string of the molecule is CSCCCS(=O)C[C@H](NC(C)=O)C(=O)O. The predicted molar refractivity (Wildman–Crippen MR) is 66.1 cm³/mol. The number of hydrogen-bond acceptors (Lipinski definition) is 4. The van der Waals surface area contributed by atoms with E-state index in [2.05, 4.69) is 5.32 Å². The van der Waals surface area contributed by atoms with Crippen molar-refractivity contribution in [2.24, 2.45) is 0 Å². The van der Waals surface area contributed by atoms with Gasteiger partial charge in [0.05, 0.1) is 5.75 Å². The van der Waals surface area contributed by atoms with Gasteiger partial charge in [0.25, 0.3) is 0 Å². The van der Waals surface area contributed by atoms with Gasteiger partial charge in [-0.25, -0.2) is 4.79 Å². The maximum atomic E-state index is 11.5. The third-order valence-electron chi connectivity index (χ3n) is 1.75. The van der Waals surface area contributed by atoms with Crippen LogP contribution in [0, 0.1) is 0 Å². The first kappa shape index (κ1) is 15.4. The predicted octanol–water partition coefficient (Wildman–Crippen LogP) is 0.0775. The van der Waals surface area contributed by atoms with Crippen LogP contribution < -0.4 is 5.32 Å². The van der Waals surface area contributed by atoms with Crippen LogP contribution in [0.4, 0.5) is 0 Å². The van der Waals surface area contributed by atoms with E-state index in [9.17, 15) is 13.8 Å². The Morgan fingerprint density at radius 3 is 2.56 bits per heavy atom. The van der Waals surface area contributed by atoms with Crippen molar-refractivity contribution in [3.05, 3.63) is 0 Å². The van der Waals surface area contributed by atoms with E-state index in [0.717, 1.165) is 12.2 Å². The summed E-state index contributed by atoms with van der Waals surface area (Å²) in [5.41, 5.74) is 0. The highest BCUT2D eigenvalue weighted by Crippen LogP contribution is 1.99. The molecule has 0 aromatic heterocycles. The van der Waals surface area contributed by atoms with Crippen LogP contribution in [0.1, 0.15) is 13.3 Å². The number of rotatable bonds is 8. The van der Waals surface area contributed by atoms with Gasteiger partial charge in [-0.05, 0) is 18.4 Å². The minimum Gasteiger partial charge on any atom is -0.480 e. The van der Waals surface area contributed by atoms with Gasteiger partial charge in [-0.3, -0.25) is 9.00 Å². The Labute approximate surface area is 102 Å². The maximum absolute atomic E-state index is 11.5. The second kappa shape index (κ2) is 8.58. The van der Waals surface area contributed by atoms with E-state index < -0.39 is 28.7 Å². The van der Waals surface area contributed by atoms with Crippen molar-refractivity contribution in [2.75, 3.05) is 23.5 Å². The molecular weight excluding hydrogens is 250 g/mol. The van der Waals surface area contributed by atoms with Gasteiger partial charge in [-0.2, -0.15) is 11.8 Å². The molecule has 0 aliphatic heterocycles. The molecule has 16 heavy (non-hydrogen) atoms. The van der Waals surface area contributed by atoms with Crippen LogP contribution >= 0.6 is 11.8 Å². The van der Waals surface area contributed by atoms with Crippen LogP contribution in [0.2, 0.25) is 0 Å². The summed E-state index contributed by atoms with van der Waals surface area (Å²) in [7, 11) is -1.20. The average molecular weight is 267 g/mol. The Balaban J connectivity index is 4.03. The van der Waals surface area contributed by atoms with Crippen molar-refractivity contribution in [3.8, 4) is 0 Å². The van der Waals surface area contributed by atoms with Crippen molar-refractivity contribution in [2.45, 2.75) is 19.4 Å². The summed E-state index contributed by atoms with van der Waals surface area (Å²) < 4.78 is 11.5. The smallest absolute Gasteiger partial charge is 0.327 e. The number of hydrogen-bond donors (Lipinski definition) is 2. The first-order valence-electron chi connectivity index (χ1n) is 4.81. The van der Waals surface area contributed by atoms with E-state index >= 15 is 0 Å². The maximum Gasteiger partial charge on any atom is 0.327 e. The van der Waals surface area contributed by atoms with Crippen molar-refractivity contribution in [1.29, 1.82) is 0 Å². The summed E-state index contributed by atoms with van der Waals surface area (Å²) in [6, 6.07) is -1.05. The number of carboxylic acids is 1. The lowest BCUT2D eigenvalue weighted by atomic mass is 10.3. The van der Waals surface area contributed by atoms with Gasteiger partial charge >= 0.3 is 5.97 Å². The molecule has 5 nitrogen and oxygen atoms in total. The van der Waals surface area contributed by atoms with Crippen molar-refractivity contribution < 1.29 is 18.9 Å². The van der Waals surface area contributed by atoms with Gasteiger partial charge in [-0.1, -0.05) is 0 Å². The normalized spacial score (nSPS) is 14.1. The van der Waals surface area contributed by atoms with Gasteiger partial charge in [0.15, 0.2) is 0 Å². The molecule has 2 N–H and O–H groups in total. The third kappa shape index (κ3) is 7.70. The van der Waals surface area contributed by atoms with E-state index in [1.165, 1.54) is 6.92 Å². The molecule has 0 saturated heterocycles. The minimum atomic E-state index is -1.20. The first-order chi connectivity index (χ1) is 7.47. The lowest BCUT2D eigenvalue weighted by molar-refractivity contribution is -0.140. The summed E-state index contributed by atoms with van der Waals surface area (Å²) in [5, 5.41) is 11.1. The molecule has 94 valence electrons. The monoisotopic (exact) mass is 267 g/mol. The largest absolute Gasteiger partial charge is 0.480 e. The van der Waals surface area contributed by atoms with Gasteiger partial charge < -0.3 is 10.4 Å². The fourth-order valence-electron chi connectivity index (χ4n) is 1.05. The number of carbonyl (C=O) groups excluding carboxylic acids is 1. The molecule has 0 aliphatic carbocycles. The standard InChI is InChI=1S/C9H17NO4S2/c1-7(11)10-8(9(12)13)6-16(14)5-3-4-15-2/h8H,3-6H2,1-2H3,(H,10,11)(H,12,13)/t8-,16?/m0/s1. The Kier molecular flexibility index (Phi) is 8.28. The van der Waals surface area contributed by atoms with Gasteiger partial charge in [0, 0.05) is 23.5 Å². The third-order valence-corrected chi connectivity index (χ3v) is 3.89. The number of thioether (sulfide) groups is 1. The molecule has 0 bridgehead atoms. The van der Waals surface area contributed by atoms with E-state index in [0.29, 0.717) is 5.75 Å². The number of nitrogens with one attached hydrogen (secondary N) is 1. The molecule has 0 heterocycles. The summed E-state index contributed by atoms with van der Waals surface area (Å²) in [6.07, 6.45) is 2.75. The Morgan fingerprint density at radius 2 is 2.12 bits per heavy atom. The summed E-state index contributed by atoms with van der Waals surface area (Å²) in [4.78, 5) is 21.5. The van der Waals surface area contributed by atoms with Gasteiger partial charge in [0.1, 0.15) is 6.04 Å². The van der Waals surface area contributed by atoms with Crippen molar-refractivity contribution >= 4 is 34.4 Å². The molecule has 0 aromatic carbocycles. The fourth-order valence-corrected chi connectivity index (χ4v) is 2.90. The zero-order chi connectivity index (χ0) is 12.6. The molecule has 1 unspecified atom stereocenters. The second-order valence-electron chi connectivity index (χ2n) is 3.25. The Bertz CT molecular complexity index is 270. The quantitative estimate of drug-likeness (QED) is 0.608. The molecule has 0 radical (unpaired) electrons. The van der Waals surface area contributed by atoms with Crippen LogP contribution in [0.3, 0.4) is 0 Å². The van der Waals surface area contributed by atoms with Crippen LogP contribution in [0.5, 0.6) is 0 Å². The molecule has 0 rings (SSSR count). The Morgan fingerprint density at radius 1 is 1.50 bits per heavy atom. The molecule has 0 spiro atoms. The molecule has 7 heteroatoms. The summed E-state index contributed by atoms with van der Waals surface area (Å²) in [5.74, 6) is -0.209. The van der Waals surface area contributed by atoms with Gasteiger partial charge in [0.2, 0.25) is 5.91 Å². The zero-order valence-electron chi connectivity index (χ0n) is 9.39. The number of carboxylic acid groups (broad SMARTS) is 1. The second-order valence-corrected chi connectivity index (χ2v) is 5.86. The van der Waals surface area contributed by atoms with E-state index in [4.69, 9.17) is 5.11 Å². The topological polar surface area (TPSA) is 83.5 Å². The molecule has 0 aromatic rings. The Hall–Kier alpha value is -0.560. The van der Waals surface area contributed by atoms with Crippen LogP contribution in [0.25, 0.3) is 0 Å². The molecule has 0 fully saturated rings.